The average Bonchev–Trinajstić information content (AvgIpc) is 3.14. The Bertz CT molecular complexity index is 1010. The molecule has 3 heterocycles. The van der Waals surface area contributed by atoms with Crippen LogP contribution in [-0.2, 0) is 12.8 Å². The smallest absolute Gasteiger partial charge is 0.150 e. The molecule has 2 aromatic carbocycles. The topological polar surface area (TPSA) is 22.6 Å². The van der Waals surface area contributed by atoms with E-state index in [0.717, 1.165) is 39.1 Å². The molecule has 4 nitrogen and oxygen atoms in total. The van der Waals surface area contributed by atoms with Crippen molar-refractivity contribution in [3.8, 4) is 0 Å². The SMILES string of the molecule is CCCN1CCCCc2cc(CCN3CCN(c4nsc5ccccc45)CC3)ccc21. The number of aryl methyl sites for hydroxylation is 1. The van der Waals surface area contributed by atoms with E-state index in [1.807, 2.05) is 0 Å². The molecule has 1 saturated heterocycles. The van der Waals surface area contributed by atoms with Crippen molar-refractivity contribution in [3.05, 3.63) is 53.6 Å². The minimum absolute atomic E-state index is 1.07. The van der Waals surface area contributed by atoms with Crippen LogP contribution in [-0.4, -0.2) is 55.1 Å². The lowest BCUT2D eigenvalue weighted by atomic mass is 10.0. The fourth-order valence-corrected chi connectivity index (χ4v) is 5.91. The Morgan fingerprint density at radius 3 is 2.68 bits per heavy atom. The quantitative estimate of drug-likeness (QED) is 0.531. The van der Waals surface area contributed by atoms with Gasteiger partial charge in [-0.25, -0.2) is 0 Å². The van der Waals surface area contributed by atoms with Gasteiger partial charge in [0.25, 0.3) is 0 Å². The van der Waals surface area contributed by atoms with Gasteiger partial charge in [-0.2, -0.15) is 4.37 Å². The fraction of sp³-hybridized carbons (Fsp3) is 0.500. The molecule has 3 aromatic rings. The Labute approximate surface area is 190 Å². The van der Waals surface area contributed by atoms with E-state index in [4.69, 9.17) is 4.37 Å². The Hall–Kier alpha value is -2.11. The highest BCUT2D eigenvalue weighted by molar-refractivity contribution is 7.13. The van der Waals surface area contributed by atoms with Crippen molar-refractivity contribution in [2.24, 2.45) is 0 Å². The first-order valence-electron chi connectivity index (χ1n) is 12.0. The van der Waals surface area contributed by atoms with Gasteiger partial charge in [0.1, 0.15) is 5.82 Å². The molecule has 0 aliphatic carbocycles. The minimum Gasteiger partial charge on any atom is -0.371 e. The van der Waals surface area contributed by atoms with Crippen molar-refractivity contribution in [1.29, 1.82) is 0 Å². The zero-order valence-corrected chi connectivity index (χ0v) is 19.5. The molecule has 0 amide bonds. The first kappa shape index (κ1) is 20.8. The number of nitrogens with zero attached hydrogens (tertiary/aromatic N) is 4. The van der Waals surface area contributed by atoms with E-state index in [1.165, 1.54) is 65.9 Å². The summed E-state index contributed by atoms with van der Waals surface area (Å²) in [7, 11) is 0. The van der Waals surface area contributed by atoms with Gasteiger partial charge in [-0.15, -0.1) is 0 Å². The van der Waals surface area contributed by atoms with E-state index >= 15 is 0 Å². The van der Waals surface area contributed by atoms with Crippen LogP contribution in [0.4, 0.5) is 11.5 Å². The molecule has 5 rings (SSSR count). The predicted molar refractivity (Wildman–Crippen MR) is 134 cm³/mol. The molecule has 31 heavy (non-hydrogen) atoms. The van der Waals surface area contributed by atoms with Crippen LogP contribution < -0.4 is 9.80 Å². The molecule has 0 bridgehead atoms. The van der Waals surface area contributed by atoms with E-state index in [-0.39, 0.29) is 0 Å². The summed E-state index contributed by atoms with van der Waals surface area (Å²) in [6.07, 6.45) is 6.26. The lowest BCUT2D eigenvalue weighted by Crippen LogP contribution is -2.47. The van der Waals surface area contributed by atoms with Gasteiger partial charge in [-0.3, -0.25) is 4.90 Å². The Balaban J connectivity index is 1.18. The maximum Gasteiger partial charge on any atom is 0.150 e. The number of anilines is 2. The van der Waals surface area contributed by atoms with Gasteiger partial charge in [0, 0.05) is 56.9 Å². The van der Waals surface area contributed by atoms with Crippen molar-refractivity contribution in [2.45, 2.75) is 39.0 Å². The molecule has 0 unspecified atom stereocenters. The third kappa shape index (κ3) is 4.58. The van der Waals surface area contributed by atoms with Crippen LogP contribution >= 0.6 is 11.5 Å². The Morgan fingerprint density at radius 1 is 0.935 bits per heavy atom. The third-order valence-electron chi connectivity index (χ3n) is 6.85. The Morgan fingerprint density at radius 2 is 1.81 bits per heavy atom. The van der Waals surface area contributed by atoms with Gasteiger partial charge < -0.3 is 9.80 Å². The zero-order valence-electron chi connectivity index (χ0n) is 18.7. The maximum absolute atomic E-state index is 4.75. The Kier molecular flexibility index (Phi) is 6.42. The van der Waals surface area contributed by atoms with E-state index in [9.17, 15) is 0 Å². The van der Waals surface area contributed by atoms with Crippen LogP contribution in [0.2, 0.25) is 0 Å². The van der Waals surface area contributed by atoms with E-state index in [1.54, 1.807) is 17.1 Å². The van der Waals surface area contributed by atoms with E-state index in [2.05, 4.69) is 64.1 Å². The minimum atomic E-state index is 1.07. The van der Waals surface area contributed by atoms with Gasteiger partial charge in [0.05, 0.1) is 4.70 Å². The monoisotopic (exact) mass is 434 g/mol. The summed E-state index contributed by atoms with van der Waals surface area (Å²) in [5, 5.41) is 1.31. The molecule has 164 valence electrons. The number of hydrogen-bond donors (Lipinski definition) is 0. The molecule has 1 fully saturated rings. The summed E-state index contributed by atoms with van der Waals surface area (Å²) in [6.45, 7) is 10.2. The second kappa shape index (κ2) is 9.58. The van der Waals surface area contributed by atoms with Gasteiger partial charge in [0.15, 0.2) is 0 Å². The molecule has 0 atom stereocenters. The lowest BCUT2D eigenvalue weighted by molar-refractivity contribution is 0.260. The summed E-state index contributed by atoms with van der Waals surface area (Å²) in [5.74, 6) is 1.18. The van der Waals surface area contributed by atoms with Gasteiger partial charge in [-0.05, 0) is 73.0 Å². The van der Waals surface area contributed by atoms with E-state index < -0.39 is 0 Å². The largest absolute Gasteiger partial charge is 0.371 e. The summed E-state index contributed by atoms with van der Waals surface area (Å²) in [4.78, 5) is 7.70. The van der Waals surface area contributed by atoms with Gasteiger partial charge in [-0.1, -0.05) is 31.2 Å². The molecule has 0 radical (unpaired) electrons. The summed E-state index contributed by atoms with van der Waals surface area (Å²) in [5.41, 5.74) is 4.57. The van der Waals surface area contributed by atoms with Crippen molar-refractivity contribution >= 4 is 33.1 Å². The highest BCUT2D eigenvalue weighted by Crippen LogP contribution is 2.30. The third-order valence-corrected chi connectivity index (χ3v) is 7.67. The highest BCUT2D eigenvalue weighted by Gasteiger charge is 2.21. The highest BCUT2D eigenvalue weighted by atomic mass is 32.1. The first-order valence-corrected chi connectivity index (χ1v) is 12.8. The van der Waals surface area contributed by atoms with Gasteiger partial charge >= 0.3 is 0 Å². The number of piperazine rings is 1. The predicted octanol–water partition coefficient (Wildman–Crippen LogP) is 5.21. The molecule has 2 aliphatic rings. The zero-order chi connectivity index (χ0) is 21.0. The molecule has 2 aliphatic heterocycles. The normalized spacial score (nSPS) is 17.7. The van der Waals surface area contributed by atoms with Crippen molar-refractivity contribution in [1.82, 2.24) is 9.27 Å². The molecule has 5 heteroatoms. The summed E-state index contributed by atoms with van der Waals surface area (Å²) < 4.78 is 6.04. The van der Waals surface area contributed by atoms with Crippen LogP contribution in [0.3, 0.4) is 0 Å². The second-order valence-corrected chi connectivity index (χ2v) is 9.79. The number of fused-ring (bicyclic) bond motifs is 2. The molecule has 0 saturated carbocycles. The lowest BCUT2D eigenvalue weighted by Gasteiger charge is -2.35. The van der Waals surface area contributed by atoms with Crippen molar-refractivity contribution in [3.63, 3.8) is 0 Å². The fourth-order valence-electron chi connectivity index (χ4n) is 5.11. The van der Waals surface area contributed by atoms with E-state index in [0.29, 0.717) is 0 Å². The first-order chi connectivity index (χ1) is 15.3. The molecule has 0 spiro atoms. The summed E-state index contributed by atoms with van der Waals surface area (Å²) in [6, 6.07) is 15.9. The molecular formula is C26H34N4S. The molecule has 1 aromatic heterocycles. The van der Waals surface area contributed by atoms with Crippen LogP contribution in [0.25, 0.3) is 10.1 Å². The van der Waals surface area contributed by atoms with Crippen LogP contribution in [0.1, 0.15) is 37.3 Å². The average molecular weight is 435 g/mol. The number of hydrogen-bond acceptors (Lipinski definition) is 5. The standard InChI is InChI=1S/C26H34N4S/c1-2-13-29-14-6-5-7-22-20-21(10-11-24(22)29)12-15-28-16-18-30(19-17-28)26-23-8-3-4-9-25(23)31-27-26/h3-4,8-11,20H,2,5-7,12-19H2,1H3. The summed E-state index contributed by atoms with van der Waals surface area (Å²) >= 11 is 1.62. The van der Waals surface area contributed by atoms with Gasteiger partial charge in [0.2, 0.25) is 0 Å². The van der Waals surface area contributed by atoms with Crippen LogP contribution in [0.5, 0.6) is 0 Å². The maximum atomic E-state index is 4.75. The second-order valence-electron chi connectivity index (χ2n) is 8.99. The number of rotatable bonds is 6. The molecule has 0 N–H and O–H groups in total. The number of benzene rings is 2. The number of aromatic nitrogens is 1. The molecular weight excluding hydrogens is 400 g/mol. The van der Waals surface area contributed by atoms with Crippen molar-refractivity contribution in [2.75, 3.05) is 55.6 Å². The van der Waals surface area contributed by atoms with Crippen molar-refractivity contribution < 1.29 is 0 Å². The van der Waals surface area contributed by atoms with Crippen LogP contribution in [0, 0.1) is 0 Å². The van der Waals surface area contributed by atoms with Crippen LogP contribution in [0.15, 0.2) is 42.5 Å².